The van der Waals surface area contributed by atoms with Gasteiger partial charge in [0.05, 0.1) is 0 Å². The summed E-state index contributed by atoms with van der Waals surface area (Å²) in [5.41, 5.74) is 4.85. The van der Waals surface area contributed by atoms with Crippen LogP contribution >= 0.6 is 0 Å². The summed E-state index contributed by atoms with van der Waals surface area (Å²) in [6, 6.07) is 6.87. The molecule has 0 amide bonds. The summed E-state index contributed by atoms with van der Waals surface area (Å²) in [5.74, 6) is 0.790. The molecule has 152 valence electrons. The number of hydrogen-bond acceptors (Lipinski definition) is 3. The maximum absolute atomic E-state index is 14.0. The maximum atomic E-state index is 14.0. The van der Waals surface area contributed by atoms with E-state index in [0.717, 1.165) is 22.3 Å². The lowest BCUT2D eigenvalue weighted by atomic mass is 9.79. The van der Waals surface area contributed by atoms with E-state index in [0.29, 0.717) is 11.1 Å². The van der Waals surface area contributed by atoms with Crippen LogP contribution in [0.5, 0.6) is 11.5 Å². The van der Waals surface area contributed by atoms with Crippen LogP contribution in [0.3, 0.4) is 0 Å². The van der Waals surface area contributed by atoms with Crippen molar-refractivity contribution in [1.29, 1.82) is 0 Å². The molecule has 0 spiro atoms. The summed E-state index contributed by atoms with van der Waals surface area (Å²) in [6.45, 7) is 16.3. The van der Waals surface area contributed by atoms with Crippen molar-refractivity contribution >= 4 is 5.78 Å². The number of benzene rings is 2. The van der Waals surface area contributed by atoms with Gasteiger partial charge in [0.15, 0.2) is 5.78 Å². The molecule has 0 bridgehead atoms. The number of carbonyl (C=O) groups is 1. The number of phenolic OH excluding ortho intramolecular Hbond substituents is 2. The Morgan fingerprint density at radius 3 is 0.964 bits per heavy atom. The van der Waals surface area contributed by atoms with E-state index in [9.17, 15) is 15.0 Å². The van der Waals surface area contributed by atoms with Crippen LogP contribution in [0, 0.1) is 0 Å². The van der Waals surface area contributed by atoms with E-state index in [-0.39, 0.29) is 41.0 Å². The second-order valence-electron chi connectivity index (χ2n) is 8.95. The molecule has 3 heteroatoms. The largest absolute Gasteiger partial charge is 0.508 e. The molecule has 0 atom stereocenters. The molecule has 3 nitrogen and oxygen atoms in total. The van der Waals surface area contributed by atoms with Crippen LogP contribution in [0.4, 0.5) is 0 Å². The van der Waals surface area contributed by atoms with Crippen LogP contribution in [0.15, 0.2) is 24.3 Å². The number of ketones is 1. The van der Waals surface area contributed by atoms with Gasteiger partial charge in [-0.05, 0) is 70.2 Å². The monoisotopic (exact) mass is 382 g/mol. The van der Waals surface area contributed by atoms with Gasteiger partial charge < -0.3 is 10.2 Å². The van der Waals surface area contributed by atoms with Gasteiger partial charge in [0, 0.05) is 11.1 Å². The Labute approximate surface area is 169 Å². The third-order valence-corrected chi connectivity index (χ3v) is 5.31. The highest BCUT2D eigenvalue weighted by Crippen LogP contribution is 2.38. The van der Waals surface area contributed by atoms with Crippen molar-refractivity contribution in [3.05, 3.63) is 57.6 Å². The van der Waals surface area contributed by atoms with E-state index in [2.05, 4.69) is 0 Å². The first kappa shape index (κ1) is 22.0. The first-order valence-electron chi connectivity index (χ1n) is 10.2. The minimum atomic E-state index is -0.0141. The van der Waals surface area contributed by atoms with Gasteiger partial charge in [-0.1, -0.05) is 55.4 Å². The van der Waals surface area contributed by atoms with Crippen LogP contribution < -0.4 is 0 Å². The SMILES string of the molecule is CC(C)c1cc(O)cc(C(C)C)c1C(=O)c1c(C(C)C)cc(O)cc1C(C)C. The molecule has 0 heterocycles. The fraction of sp³-hybridized carbons (Fsp3) is 0.480. The summed E-state index contributed by atoms with van der Waals surface area (Å²) >= 11 is 0. The average Bonchev–Trinajstić information content (AvgIpc) is 2.59. The standard InChI is InChI=1S/C25H34O3/c1-13(2)19-9-17(26)10-20(14(3)4)23(19)25(28)24-21(15(5)6)11-18(27)12-22(24)16(7)8/h9-16,26-27H,1-8H3. The molecule has 0 unspecified atom stereocenters. The zero-order valence-corrected chi connectivity index (χ0v) is 18.4. The predicted molar refractivity (Wildman–Crippen MR) is 116 cm³/mol. The molecule has 0 saturated carbocycles. The molecule has 0 aliphatic carbocycles. The van der Waals surface area contributed by atoms with Crippen molar-refractivity contribution in [3.8, 4) is 11.5 Å². The maximum Gasteiger partial charge on any atom is 0.194 e. The van der Waals surface area contributed by atoms with Crippen molar-refractivity contribution in [2.75, 3.05) is 0 Å². The molecule has 0 aromatic heterocycles. The third kappa shape index (κ3) is 4.24. The van der Waals surface area contributed by atoms with E-state index in [1.54, 1.807) is 24.3 Å². The molecule has 2 N–H and O–H groups in total. The Morgan fingerprint density at radius 1 is 0.571 bits per heavy atom. The first-order chi connectivity index (χ1) is 13.0. The van der Waals surface area contributed by atoms with E-state index >= 15 is 0 Å². The van der Waals surface area contributed by atoms with Gasteiger partial charge in [0.1, 0.15) is 11.5 Å². The Hall–Kier alpha value is -2.29. The second kappa shape index (κ2) is 8.38. The van der Waals surface area contributed by atoms with Gasteiger partial charge in [0.25, 0.3) is 0 Å². The third-order valence-electron chi connectivity index (χ3n) is 5.31. The molecule has 0 saturated heterocycles. The Kier molecular flexibility index (Phi) is 6.59. The summed E-state index contributed by atoms with van der Waals surface area (Å²) in [6.07, 6.45) is 0. The van der Waals surface area contributed by atoms with Crippen molar-refractivity contribution < 1.29 is 15.0 Å². The molecule has 0 fully saturated rings. The summed E-state index contributed by atoms with van der Waals surface area (Å²) in [7, 11) is 0. The number of aromatic hydroxyl groups is 2. The van der Waals surface area contributed by atoms with E-state index in [1.165, 1.54) is 0 Å². The Morgan fingerprint density at radius 2 is 0.786 bits per heavy atom. The first-order valence-corrected chi connectivity index (χ1v) is 10.2. The summed E-state index contributed by atoms with van der Waals surface area (Å²) < 4.78 is 0. The molecular weight excluding hydrogens is 348 g/mol. The van der Waals surface area contributed by atoms with Crippen LogP contribution in [0.25, 0.3) is 0 Å². The smallest absolute Gasteiger partial charge is 0.194 e. The lowest BCUT2D eigenvalue weighted by molar-refractivity contribution is 0.103. The average molecular weight is 383 g/mol. The molecule has 28 heavy (non-hydrogen) atoms. The van der Waals surface area contributed by atoms with Crippen molar-refractivity contribution in [1.82, 2.24) is 0 Å². The van der Waals surface area contributed by atoms with Gasteiger partial charge in [-0.15, -0.1) is 0 Å². The van der Waals surface area contributed by atoms with Gasteiger partial charge in [-0.25, -0.2) is 0 Å². The lowest BCUT2D eigenvalue weighted by Gasteiger charge is -2.24. The van der Waals surface area contributed by atoms with Crippen molar-refractivity contribution in [3.63, 3.8) is 0 Å². The van der Waals surface area contributed by atoms with E-state index < -0.39 is 0 Å². The fourth-order valence-corrected chi connectivity index (χ4v) is 3.81. The summed E-state index contributed by atoms with van der Waals surface area (Å²) in [5, 5.41) is 20.5. The Bertz CT molecular complexity index is 744. The number of hydrogen-bond donors (Lipinski definition) is 2. The van der Waals surface area contributed by atoms with E-state index in [4.69, 9.17) is 0 Å². The second-order valence-corrected chi connectivity index (χ2v) is 8.95. The molecule has 0 aliphatic rings. The number of rotatable bonds is 6. The Balaban J connectivity index is 2.91. The fourth-order valence-electron chi connectivity index (χ4n) is 3.81. The number of carbonyl (C=O) groups excluding carboxylic acids is 1. The van der Waals surface area contributed by atoms with Crippen molar-refractivity contribution in [2.24, 2.45) is 0 Å². The quantitative estimate of drug-likeness (QED) is 0.539. The van der Waals surface area contributed by atoms with Crippen LogP contribution in [0.2, 0.25) is 0 Å². The highest BCUT2D eigenvalue weighted by atomic mass is 16.3. The van der Waals surface area contributed by atoms with E-state index in [1.807, 2.05) is 55.4 Å². The van der Waals surface area contributed by atoms with Crippen LogP contribution in [0.1, 0.15) is 117 Å². The van der Waals surface area contributed by atoms with Gasteiger partial charge in [-0.3, -0.25) is 4.79 Å². The molecule has 2 rings (SSSR count). The molecule has 2 aromatic carbocycles. The predicted octanol–water partition coefficient (Wildman–Crippen LogP) is 6.82. The lowest BCUT2D eigenvalue weighted by Crippen LogP contribution is -2.16. The van der Waals surface area contributed by atoms with Crippen LogP contribution in [-0.2, 0) is 0 Å². The minimum Gasteiger partial charge on any atom is -0.508 e. The topological polar surface area (TPSA) is 57.5 Å². The van der Waals surface area contributed by atoms with Gasteiger partial charge >= 0.3 is 0 Å². The van der Waals surface area contributed by atoms with Crippen molar-refractivity contribution in [2.45, 2.75) is 79.1 Å². The highest BCUT2D eigenvalue weighted by molar-refractivity contribution is 6.13. The summed E-state index contributed by atoms with van der Waals surface area (Å²) in [4.78, 5) is 14.0. The molecule has 2 aromatic rings. The highest BCUT2D eigenvalue weighted by Gasteiger charge is 2.28. The molecule has 0 aliphatic heterocycles. The van der Waals surface area contributed by atoms with Gasteiger partial charge in [0.2, 0.25) is 0 Å². The van der Waals surface area contributed by atoms with Gasteiger partial charge in [-0.2, -0.15) is 0 Å². The zero-order chi connectivity index (χ0) is 21.3. The normalized spacial score (nSPS) is 11.9. The molecule has 0 radical (unpaired) electrons. The minimum absolute atomic E-state index is 0.0141. The molecular formula is C25H34O3. The zero-order valence-electron chi connectivity index (χ0n) is 18.4. The van der Waals surface area contributed by atoms with Crippen LogP contribution in [-0.4, -0.2) is 16.0 Å². The number of phenols is 2.